The minimum atomic E-state index is -3.49. The molecule has 0 radical (unpaired) electrons. The highest BCUT2D eigenvalue weighted by Crippen LogP contribution is 2.28. The maximum atomic E-state index is 12.4. The van der Waals surface area contributed by atoms with Crippen LogP contribution in [0.5, 0.6) is 5.75 Å². The summed E-state index contributed by atoms with van der Waals surface area (Å²) in [5.74, 6) is 0.623. The Balaban J connectivity index is 2.48. The molecule has 0 bridgehead atoms. The number of rotatable bonds is 4. The SMILES string of the molecule is COc1ccc(S(=O)(=O)c2cscc2CN)cc1. The van der Waals surface area contributed by atoms with E-state index in [1.807, 2.05) is 0 Å². The third-order valence-electron chi connectivity index (χ3n) is 2.58. The number of benzene rings is 1. The van der Waals surface area contributed by atoms with E-state index in [4.69, 9.17) is 10.5 Å². The Morgan fingerprint density at radius 3 is 2.44 bits per heavy atom. The molecule has 6 heteroatoms. The van der Waals surface area contributed by atoms with Gasteiger partial charge in [-0.2, -0.15) is 11.3 Å². The van der Waals surface area contributed by atoms with Crippen LogP contribution in [0.2, 0.25) is 0 Å². The highest BCUT2D eigenvalue weighted by molar-refractivity contribution is 7.91. The van der Waals surface area contributed by atoms with Crippen molar-refractivity contribution < 1.29 is 13.2 Å². The fraction of sp³-hybridized carbons (Fsp3) is 0.167. The quantitative estimate of drug-likeness (QED) is 0.932. The minimum Gasteiger partial charge on any atom is -0.497 e. The molecular weight excluding hydrogens is 270 g/mol. The van der Waals surface area contributed by atoms with E-state index in [1.165, 1.54) is 30.6 Å². The normalized spacial score (nSPS) is 11.4. The maximum absolute atomic E-state index is 12.4. The first-order valence-corrected chi connectivity index (χ1v) is 7.66. The van der Waals surface area contributed by atoms with Gasteiger partial charge in [0.05, 0.1) is 16.9 Å². The predicted octanol–water partition coefficient (Wildman–Crippen LogP) is 2.05. The van der Waals surface area contributed by atoms with Crippen molar-refractivity contribution in [3.63, 3.8) is 0 Å². The summed E-state index contributed by atoms with van der Waals surface area (Å²) in [6.07, 6.45) is 0. The molecule has 2 rings (SSSR count). The van der Waals surface area contributed by atoms with Crippen molar-refractivity contribution in [1.82, 2.24) is 0 Å². The van der Waals surface area contributed by atoms with Gasteiger partial charge in [0, 0.05) is 11.9 Å². The lowest BCUT2D eigenvalue weighted by atomic mass is 10.3. The largest absolute Gasteiger partial charge is 0.497 e. The van der Waals surface area contributed by atoms with Crippen LogP contribution in [0.3, 0.4) is 0 Å². The summed E-state index contributed by atoms with van der Waals surface area (Å²) in [4.78, 5) is 0.538. The number of nitrogens with two attached hydrogens (primary N) is 1. The average molecular weight is 283 g/mol. The van der Waals surface area contributed by atoms with E-state index in [0.717, 1.165) is 0 Å². The molecule has 2 aromatic rings. The third-order valence-corrected chi connectivity index (χ3v) is 5.37. The summed E-state index contributed by atoms with van der Waals surface area (Å²) in [6.45, 7) is 0.216. The van der Waals surface area contributed by atoms with Gasteiger partial charge >= 0.3 is 0 Å². The number of methoxy groups -OCH3 is 1. The Kier molecular flexibility index (Phi) is 3.70. The molecule has 0 unspecified atom stereocenters. The van der Waals surface area contributed by atoms with Crippen LogP contribution in [0.25, 0.3) is 0 Å². The van der Waals surface area contributed by atoms with Crippen molar-refractivity contribution >= 4 is 21.2 Å². The first-order valence-electron chi connectivity index (χ1n) is 5.24. The van der Waals surface area contributed by atoms with Gasteiger partial charge in [-0.15, -0.1) is 0 Å². The van der Waals surface area contributed by atoms with E-state index in [-0.39, 0.29) is 11.4 Å². The summed E-state index contributed by atoms with van der Waals surface area (Å²) in [5, 5.41) is 3.37. The van der Waals surface area contributed by atoms with Gasteiger partial charge < -0.3 is 10.5 Å². The van der Waals surface area contributed by atoms with E-state index in [9.17, 15) is 8.42 Å². The maximum Gasteiger partial charge on any atom is 0.207 e. The van der Waals surface area contributed by atoms with Gasteiger partial charge in [-0.3, -0.25) is 0 Å². The molecule has 18 heavy (non-hydrogen) atoms. The number of sulfone groups is 1. The standard InChI is InChI=1S/C12H13NO3S2/c1-16-10-2-4-11(5-3-10)18(14,15)12-8-17-7-9(12)6-13/h2-5,7-8H,6,13H2,1H3. The van der Waals surface area contributed by atoms with E-state index in [2.05, 4.69) is 0 Å². The van der Waals surface area contributed by atoms with Crippen molar-refractivity contribution in [3.8, 4) is 5.75 Å². The Hall–Kier alpha value is -1.37. The zero-order valence-electron chi connectivity index (χ0n) is 9.79. The van der Waals surface area contributed by atoms with Crippen LogP contribution < -0.4 is 10.5 Å². The zero-order valence-corrected chi connectivity index (χ0v) is 11.4. The van der Waals surface area contributed by atoms with Crippen molar-refractivity contribution in [1.29, 1.82) is 0 Å². The summed E-state index contributed by atoms with van der Waals surface area (Å²) >= 11 is 1.34. The van der Waals surface area contributed by atoms with Gasteiger partial charge in [0.25, 0.3) is 0 Å². The van der Waals surface area contributed by atoms with Crippen LogP contribution in [-0.4, -0.2) is 15.5 Å². The van der Waals surface area contributed by atoms with Crippen LogP contribution in [0, 0.1) is 0 Å². The van der Waals surface area contributed by atoms with Gasteiger partial charge in [-0.1, -0.05) is 0 Å². The van der Waals surface area contributed by atoms with Crippen molar-refractivity contribution in [2.24, 2.45) is 5.73 Å². The summed E-state index contributed by atoms with van der Waals surface area (Å²) < 4.78 is 29.8. The van der Waals surface area contributed by atoms with Gasteiger partial charge in [-0.25, -0.2) is 8.42 Å². The van der Waals surface area contributed by atoms with Crippen LogP contribution in [0.1, 0.15) is 5.56 Å². The molecule has 0 aliphatic rings. The Morgan fingerprint density at radius 1 is 1.22 bits per heavy atom. The summed E-state index contributed by atoms with van der Waals surface area (Å²) in [5.41, 5.74) is 6.19. The van der Waals surface area contributed by atoms with Gasteiger partial charge in [0.2, 0.25) is 9.84 Å². The molecule has 0 aliphatic carbocycles. The molecule has 0 spiro atoms. The summed E-state index contributed by atoms with van der Waals surface area (Å²) in [6, 6.07) is 6.32. The Labute approximate surface area is 110 Å². The van der Waals surface area contributed by atoms with Crippen LogP contribution in [0.4, 0.5) is 0 Å². The predicted molar refractivity (Wildman–Crippen MR) is 70.7 cm³/mol. The highest BCUT2D eigenvalue weighted by Gasteiger charge is 2.21. The van der Waals surface area contributed by atoms with Gasteiger partial charge in [-0.05, 0) is 35.2 Å². The molecule has 0 saturated carbocycles. The monoisotopic (exact) mass is 283 g/mol. The van der Waals surface area contributed by atoms with Crippen molar-refractivity contribution in [2.75, 3.05) is 7.11 Å². The third kappa shape index (κ3) is 2.27. The Bertz CT molecular complexity index is 630. The van der Waals surface area contributed by atoms with Crippen LogP contribution >= 0.6 is 11.3 Å². The lowest BCUT2D eigenvalue weighted by molar-refractivity contribution is 0.414. The van der Waals surface area contributed by atoms with Crippen molar-refractivity contribution in [3.05, 3.63) is 40.6 Å². The van der Waals surface area contributed by atoms with Crippen molar-refractivity contribution in [2.45, 2.75) is 16.3 Å². The molecule has 1 heterocycles. The van der Waals surface area contributed by atoms with Crippen LogP contribution in [0.15, 0.2) is 44.8 Å². The van der Waals surface area contributed by atoms with Crippen LogP contribution in [-0.2, 0) is 16.4 Å². The van der Waals surface area contributed by atoms with Gasteiger partial charge in [0.1, 0.15) is 5.75 Å². The molecule has 0 atom stereocenters. The molecule has 0 fully saturated rings. The zero-order chi connectivity index (χ0) is 13.2. The molecular formula is C12H13NO3S2. The summed E-state index contributed by atoms with van der Waals surface area (Å²) in [7, 11) is -1.95. The molecule has 0 amide bonds. The smallest absolute Gasteiger partial charge is 0.207 e. The minimum absolute atomic E-state index is 0.216. The second-order valence-electron chi connectivity index (χ2n) is 3.64. The topological polar surface area (TPSA) is 69.4 Å². The first-order chi connectivity index (χ1) is 8.59. The van der Waals surface area contributed by atoms with E-state index < -0.39 is 9.84 Å². The van der Waals surface area contributed by atoms with E-state index >= 15 is 0 Å². The number of thiophene rings is 1. The number of hydrogen-bond acceptors (Lipinski definition) is 5. The Morgan fingerprint density at radius 2 is 1.89 bits per heavy atom. The number of ether oxygens (including phenoxy) is 1. The van der Waals surface area contributed by atoms with E-state index in [0.29, 0.717) is 16.2 Å². The fourth-order valence-corrected chi connectivity index (χ4v) is 4.29. The first kappa shape index (κ1) is 13.1. The number of hydrogen-bond donors (Lipinski definition) is 1. The highest BCUT2D eigenvalue weighted by atomic mass is 32.2. The second kappa shape index (κ2) is 5.09. The fourth-order valence-electron chi connectivity index (χ4n) is 1.58. The molecule has 96 valence electrons. The molecule has 4 nitrogen and oxygen atoms in total. The van der Waals surface area contributed by atoms with E-state index in [1.54, 1.807) is 22.9 Å². The molecule has 0 saturated heterocycles. The average Bonchev–Trinajstić information content (AvgIpc) is 2.88. The molecule has 0 aliphatic heterocycles. The lowest BCUT2D eigenvalue weighted by Gasteiger charge is -2.06. The van der Waals surface area contributed by atoms with Gasteiger partial charge in [0.15, 0.2) is 0 Å². The molecule has 1 aromatic heterocycles. The molecule has 1 aromatic carbocycles. The second-order valence-corrected chi connectivity index (χ2v) is 6.31. The molecule has 2 N–H and O–H groups in total. The lowest BCUT2D eigenvalue weighted by Crippen LogP contribution is -2.06.